The maximum atomic E-state index is 11.7. The van der Waals surface area contributed by atoms with Crippen molar-refractivity contribution in [1.82, 2.24) is 0 Å². The molecule has 1 aromatic carbocycles. The third kappa shape index (κ3) is 47.4. The molecule has 0 aliphatic carbocycles. The van der Waals surface area contributed by atoms with Gasteiger partial charge in [-0.1, -0.05) is 60.1 Å². The first-order valence-corrected chi connectivity index (χ1v) is 25.6. The lowest BCUT2D eigenvalue weighted by atomic mass is 10.0. The Morgan fingerprint density at radius 3 is 1.17 bits per heavy atom. The third-order valence-corrected chi connectivity index (χ3v) is 10.3. The summed E-state index contributed by atoms with van der Waals surface area (Å²) in [5.41, 5.74) is 58.2. The molecule has 0 fully saturated rings. The SMILES string of the molecule is CC(C)C[C@H](N)C(=O)OC(=O)[C@@H](N)[C@@H](C)OC(=O)[C@@H](N)CO.CC(C)[C@H](N)C(=O)OC(=O)[C@@H](N)CS.CC[C@H](C)[C@H](N)C(=O)O.C[C@@H](OC(=O)[C@@H](N)Cc1ccc(O)cc1)[C@H](N)C(=O)O.NCC(=O)O.NCC(=O)O.N[C@@H](CC(=O)O)C(=O)O. The molecule has 0 aliphatic rings. The number of ether oxygens (including phenoxy) is 4. The molecule has 12 atom stereocenters. The number of carbonyl (C=O) groups excluding carboxylic acids is 6. The fourth-order valence-corrected chi connectivity index (χ4v) is 4.48. The van der Waals surface area contributed by atoms with Gasteiger partial charge in [-0.2, -0.15) is 12.6 Å². The summed E-state index contributed by atoms with van der Waals surface area (Å²) in [6, 6.07) is -3.20. The van der Waals surface area contributed by atoms with Crippen LogP contribution >= 0.6 is 12.6 Å². The molecule has 30 N–H and O–H groups in total. The van der Waals surface area contributed by atoms with E-state index in [1.54, 1.807) is 26.0 Å². The van der Waals surface area contributed by atoms with E-state index >= 15 is 0 Å². The number of benzene rings is 1. The van der Waals surface area contributed by atoms with E-state index in [4.69, 9.17) is 102 Å². The van der Waals surface area contributed by atoms with Crippen molar-refractivity contribution < 1.29 is 117 Å². The second kappa shape index (κ2) is 49.4. The Bertz CT molecular complexity index is 2150. The molecule has 0 radical (unpaired) electrons. The molecule has 0 heterocycles. The lowest BCUT2D eigenvalue weighted by molar-refractivity contribution is -0.166. The number of aliphatic carboxylic acids is 6. The van der Waals surface area contributed by atoms with Gasteiger partial charge in [0.05, 0.1) is 26.1 Å². The molecule has 0 spiro atoms. The standard InChI is InChI=1S/C13H25N3O6.C13H18N2O5.C8H16N2O3S.C6H13NO2.C4H7NO4.2C2H5NO2/c1-6(2)4-8(14)11(18)22-13(20)10(16)7(3)21-12(19)9(15)5-17;1-7(11(15)12(17)18)20-13(19)10(14)6-8-2-4-9(16)5-3-8;1-4(2)6(10)8(12)13-7(11)5(9)3-14;1-3-4(2)5(7)6(8)9;5-2(4(8)9)1-3(6)7;2*3-1-2(4)5/h6-10,17H,4-5,14-16H2,1-3H3;2-5,7,10-11,16H,6,14-15H2,1H3,(H,17,18);4-6,14H,3,9-10H2,1-2H3;4-5H,3,7H2,1-2H3,(H,8,9);2H,1,5H2,(H,6,7)(H,8,9);2*1,3H2,(H,4,5)/t7-,8+,9+,10+;7-,10+,11+;5-,6-;4-,5-;2-;;/m11000../s1. The van der Waals surface area contributed by atoms with Crippen LogP contribution in [0.4, 0.5) is 0 Å². The Labute approximate surface area is 489 Å². The Hall–Kier alpha value is -7.07. The molecule has 36 heteroatoms. The van der Waals surface area contributed by atoms with E-state index in [1.807, 2.05) is 27.7 Å². The molecule has 0 aromatic heterocycles. The molecule has 1 rings (SSSR count). The number of carboxylic acid groups (broad SMARTS) is 6. The number of phenolic OH excluding ortho intramolecular Hbond substituents is 1. The van der Waals surface area contributed by atoms with Crippen molar-refractivity contribution in [3.63, 3.8) is 0 Å². The second-order valence-electron chi connectivity index (χ2n) is 18.2. The predicted molar refractivity (Wildman–Crippen MR) is 300 cm³/mol. The zero-order chi connectivity index (χ0) is 67.5. The molecule has 486 valence electrons. The molecule has 0 unspecified atom stereocenters. The summed E-state index contributed by atoms with van der Waals surface area (Å²) >= 11 is 3.80. The largest absolute Gasteiger partial charge is 0.508 e. The van der Waals surface area contributed by atoms with Gasteiger partial charge in [0.1, 0.15) is 72.3 Å². The highest BCUT2D eigenvalue weighted by molar-refractivity contribution is 7.80. The molecular formula is C48H89N11O24S. The van der Waals surface area contributed by atoms with Crippen LogP contribution in [0.25, 0.3) is 0 Å². The van der Waals surface area contributed by atoms with Crippen LogP contribution in [0.15, 0.2) is 24.3 Å². The minimum absolute atomic E-state index is 0.0718. The maximum Gasteiger partial charge on any atom is 0.334 e. The average Bonchev–Trinajstić information content (AvgIpc) is 3.42. The number of nitrogens with two attached hydrogens (primary N) is 11. The quantitative estimate of drug-likeness (QED) is 0.0178. The van der Waals surface area contributed by atoms with E-state index in [9.17, 15) is 57.5 Å². The Balaban J connectivity index is -0.000000225. The van der Waals surface area contributed by atoms with Gasteiger partial charge in [-0.25, -0.2) is 19.2 Å². The number of rotatable bonds is 26. The highest BCUT2D eigenvalue weighted by Gasteiger charge is 2.31. The highest BCUT2D eigenvalue weighted by atomic mass is 32.1. The van der Waals surface area contributed by atoms with Crippen LogP contribution < -0.4 is 63.1 Å². The van der Waals surface area contributed by atoms with Crippen molar-refractivity contribution in [2.24, 2.45) is 80.8 Å². The minimum Gasteiger partial charge on any atom is -0.508 e. The molecule has 0 amide bonds. The van der Waals surface area contributed by atoms with E-state index in [2.05, 4.69) is 33.6 Å². The summed E-state index contributed by atoms with van der Waals surface area (Å²) in [5.74, 6) is -11.3. The molecule has 1 aromatic rings. The number of hydrogen-bond donors (Lipinski definition) is 20. The smallest absolute Gasteiger partial charge is 0.334 e. The number of phenols is 1. The Morgan fingerprint density at radius 1 is 0.488 bits per heavy atom. The van der Waals surface area contributed by atoms with Crippen LogP contribution in [-0.4, -0.2) is 205 Å². The second-order valence-corrected chi connectivity index (χ2v) is 18.6. The number of aromatic hydroxyl groups is 1. The van der Waals surface area contributed by atoms with E-state index in [1.165, 1.54) is 26.0 Å². The first-order chi connectivity index (χ1) is 38.5. The molecule has 0 aliphatic heterocycles. The number of aliphatic hydroxyl groups is 1. The van der Waals surface area contributed by atoms with Gasteiger partial charge >= 0.3 is 71.6 Å². The van der Waals surface area contributed by atoms with Crippen LogP contribution in [0.5, 0.6) is 5.75 Å². The van der Waals surface area contributed by atoms with Crippen molar-refractivity contribution in [2.75, 3.05) is 25.4 Å². The normalized spacial score (nSPS) is 14.5. The predicted octanol–water partition coefficient (Wildman–Crippen LogP) is -5.71. The van der Waals surface area contributed by atoms with Gasteiger partial charge in [-0.05, 0) is 62.1 Å². The molecule has 0 bridgehead atoms. The summed E-state index contributed by atoms with van der Waals surface area (Å²) in [6.45, 7) is 12.6. The summed E-state index contributed by atoms with van der Waals surface area (Å²) < 4.78 is 18.7. The third-order valence-electron chi connectivity index (χ3n) is 9.89. The van der Waals surface area contributed by atoms with Crippen molar-refractivity contribution in [3.05, 3.63) is 29.8 Å². The summed E-state index contributed by atoms with van der Waals surface area (Å²) in [5, 5.41) is 66.1. The number of carbonyl (C=O) groups is 12. The summed E-state index contributed by atoms with van der Waals surface area (Å²) in [4.78, 5) is 128. The lowest BCUT2D eigenvalue weighted by Crippen LogP contribution is -2.48. The van der Waals surface area contributed by atoms with E-state index < -0.39 is 151 Å². The number of aliphatic hydroxyl groups excluding tert-OH is 1. The summed E-state index contributed by atoms with van der Waals surface area (Å²) in [6.07, 6.45) is -1.19. The van der Waals surface area contributed by atoms with E-state index in [-0.39, 0.29) is 48.8 Å². The van der Waals surface area contributed by atoms with Gasteiger partial charge in [-0.15, -0.1) is 0 Å². The van der Waals surface area contributed by atoms with Crippen molar-refractivity contribution in [2.45, 2.75) is 148 Å². The van der Waals surface area contributed by atoms with Gasteiger partial charge in [0.25, 0.3) is 0 Å². The number of carboxylic acids is 6. The average molecular weight is 1240 g/mol. The topological polar surface area (TPSA) is 690 Å². The molecule has 35 nitrogen and oxygen atoms in total. The van der Waals surface area contributed by atoms with Crippen molar-refractivity contribution in [1.29, 1.82) is 0 Å². The monoisotopic (exact) mass is 1240 g/mol. The maximum absolute atomic E-state index is 11.7. The van der Waals surface area contributed by atoms with Crippen LogP contribution in [0, 0.1) is 17.8 Å². The zero-order valence-corrected chi connectivity index (χ0v) is 48.9. The zero-order valence-electron chi connectivity index (χ0n) is 48.0. The van der Waals surface area contributed by atoms with Crippen LogP contribution in [0.3, 0.4) is 0 Å². The number of esters is 6. The number of hydrogen-bond acceptors (Lipinski definition) is 30. The lowest BCUT2D eigenvalue weighted by Gasteiger charge is -2.21. The number of thiol groups is 1. The van der Waals surface area contributed by atoms with Crippen LogP contribution in [0.1, 0.15) is 80.2 Å². The van der Waals surface area contributed by atoms with E-state index in [0.717, 1.165) is 12.0 Å². The first-order valence-electron chi connectivity index (χ1n) is 24.9. The van der Waals surface area contributed by atoms with Gasteiger partial charge < -0.3 is 123 Å². The van der Waals surface area contributed by atoms with Gasteiger partial charge in [0.2, 0.25) is 0 Å². The van der Waals surface area contributed by atoms with Crippen LogP contribution in [0.2, 0.25) is 0 Å². The van der Waals surface area contributed by atoms with Gasteiger partial charge in [-0.3, -0.25) is 38.4 Å². The van der Waals surface area contributed by atoms with Gasteiger partial charge in [0, 0.05) is 5.75 Å². The van der Waals surface area contributed by atoms with Crippen LogP contribution in [-0.2, 0) is 82.9 Å². The minimum atomic E-state index is -1.37. The Kier molecular flexibility index (Phi) is 51.8. The first kappa shape index (κ1) is 88.2. The molecule has 84 heavy (non-hydrogen) atoms. The van der Waals surface area contributed by atoms with E-state index in [0.29, 0.717) is 6.42 Å². The highest BCUT2D eigenvalue weighted by Crippen LogP contribution is 2.12. The summed E-state index contributed by atoms with van der Waals surface area (Å²) in [7, 11) is 0. The van der Waals surface area contributed by atoms with Crippen molar-refractivity contribution in [3.8, 4) is 5.75 Å². The van der Waals surface area contributed by atoms with Gasteiger partial charge in [0.15, 0.2) is 0 Å². The Morgan fingerprint density at radius 2 is 0.869 bits per heavy atom. The molecule has 0 saturated carbocycles. The molecular weight excluding hydrogens is 1150 g/mol. The van der Waals surface area contributed by atoms with Crippen molar-refractivity contribution >= 4 is 84.3 Å². The fourth-order valence-electron chi connectivity index (χ4n) is 4.33. The molecule has 0 saturated heterocycles. The fraction of sp³-hybridized carbons (Fsp3) is 0.625.